The zero-order valence-corrected chi connectivity index (χ0v) is 13.1. The van der Waals surface area contributed by atoms with E-state index in [2.05, 4.69) is 6.92 Å². The van der Waals surface area contributed by atoms with Gasteiger partial charge in [0.25, 0.3) is 9.05 Å². The highest BCUT2D eigenvalue weighted by Crippen LogP contribution is 2.31. The molecule has 0 bridgehead atoms. The second-order valence-corrected chi connectivity index (χ2v) is 7.82. The van der Waals surface area contributed by atoms with Crippen molar-refractivity contribution in [3.05, 3.63) is 23.3 Å². The standard InChI is InChI=1S/C12H17ClO3S2/c1-4-17-6-5-16-12-10(3)7-9(2)8-11(12)18(13,14)15/h7-8H,4-6H2,1-3H3. The molecule has 0 N–H and O–H groups in total. The molecule has 0 radical (unpaired) electrons. The molecule has 0 atom stereocenters. The van der Waals surface area contributed by atoms with Crippen LogP contribution in [0.4, 0.5) is 0 Å². The zero-order chi connectivity index (χ0) is 13.8. The Morgan fingerprint density at radius 3 is 2.56 bits per heavy atom. The average molecular weight is 309 g/mol. The number of hydrogen-bond acceptors (Lipinski definition) is 4. The minimum Gasteiger partial charge on any atom is -0.491 e. The van der Waals surface area contributed by atoms with Crippen molar-refractivity contribution in [3.63, 3.8) is 0 Å². The van der Waals surface area contributed by atoms with E-state index in [4.69, 9.17) is 15.4 Å². The Morgan fingerprint density at radius 2 is 2.00 bits per heavy atom. The Morgan fingerprint density at radius 1 is 1.33 bits per heavy atom. The summed E-state index contributed by atoms with van der Waals surface area (Å²) in [5.41, 5.74) is 1.64. The summed E-state index contributed by atoms with van der Waals surface area (Å²) in [5.74, 6) is 2.20. The van der Waals surface area contributed by atoms with Gasteiger partial charge in [-0.1, -0.05) is 13.0 Å². The molecular weight excluding hydrogens is 292 g/mol. The molecule has 3 nitrogen and oxygen atoms in total. The van der Waals surface area contributed by atoms with E-state index in [1.165, 1.54) is 6.07 Å². The Hall–Kier alpha value is -0.390. The first-order chi connectivity index (χ1) is 8.36. The second-order valence-electron chi connectivity index (χ2n) is 3.89. The van der Waals surface area contributed by atoms with Gasteiger partial charge < -0.3 is 4.74 Å². The van der Waals surface area contributed by atoms with Crippen LogP contribution in [0, 0.1) is 13.8 Å². The molecule has 0 unspecified atom stereocenters. The van der Waals surface area contributed by atoms with Crippen LogP contribution in [0.3, 0.4) is 0 Å². The number of aryl methyl sites for hydroxylation is 2. The van der Waals surface area contributed by atoms with E-state index in [1.54, 1.807) is 11.8 Å². The van der Waals surface area contributed by atoms with Crippen molar-refractivity contribution in [2.24, 2.45) is 0 Å². The summed E-state index contributed by atoms with van der Waals surface area (Å²) in [6.45, 7) is 6.19. The highest BCUT2D eigenvalue weighted by molar-refractivity contribution is 8.13. The molecule has 0 aliphatic rings. The molecule has 0 spiro atoms. The fraction of sp³-hybridized carbons (Fsp3) is 0.500. The maximum atomic E-state index is 11.5. The summed E-state index contributed by atoms with van der Waals surface area (Å²) >= 11 is 1.74. The van der Waals surface area contributed by atoms with Gasteiger partial charge in [-0.05, 0) is 36.8 Å². The fourth-order valence-corrected chi connectivity index (χ4v) is 3.23. The number of thioether (sulfide) groups is 1. The van der Waals surface area contributed by atoms with Crippen LogP contribution in [0.25, 0.3) is 0 Å². The fourth-order valence-electron chi connectivity index (χ4n) is 1.63. The van der Waals surface area contributed by atoms with Gasteiger partial charge in [0.1, 0.15) is 10.6 Å². The van der Waals surface area contributed by atoms with Crippen LogP contribution in [0.2, 0.25) is 0 Å². The van der Waals surface area contributed by atoms with Crippen molar-refractivity contribution in [1.82, 2.24) is 0 Å². The molecule has 0 heterocycles. The molecule has 1 rings (SSSR count). The number of rotatable bonds is 6. The molecule has 0 fully saturated rings. The van der Waals surface area contributed by atoms with Crippen LogP contribution in [0.15, 0.2) is 17.0 Å². The van der Waals surface area contributed by atoms with E-state index >= 15 is 0 Å². The van der Waals surface area contributed by atoms with Gasteiger partial charge in [-0.3, -0.25) is 0 Å². The van der Waals surface area contributed by atoms with Gasteiger partial charge >= 0.3 is 0 Å². The van der Waals surface area contributed by atoms with Crippen LogP contribution >= 0.6 is 22.4 Å². The third kappa shape index (κ3) is 4.37. The Bertz CT molecular complexity index is 512. The van der Waals surface area contributed by atoms with E-state index in [-0.39, 0.29) is 4.90 Å². The molecule has 0 aliphatic carbocycles. The van der Waals surface area contributed by atoms with Crippen LogP contribution < -0.4 is 4.74 Å². The monoisotopic (exact) mass is 308 g/mol. The molecule has 0 amide bonds. The van der Waals surface area contributed by atoms with E-state index in [1.807, 2.05) is 19.9 Å². The molecule has 18 heavy (non-hydrogen) atoms. The van der Waals surface area contributed by atoms with Crippen LogP contribution in [-0.4, -0.2) is 26.5 Å². The predicted octanol–water partition coefficient (Wildman–Crippen LogP) is 3.36. The SMILES string of the molecule is CCSCCOc1c(C)cc(C)cc1S(=O)(=O)Cl. The van der Waals surface area contributed by atoms with Gasteiger partial charge in [-0.25, -0.2) is 8.42 Å². The normalized spacial score (nSPS) is 11.6. The summed E-state index contributed by atoms with van der Waals surface area (Å²) in [6.07, 6.45) is 0. The molecule has 6 heteroatoms. The lowest BCUT2D eigenvalue weighted by Crippen LogP contribution is -2.06. The van der Waals surface area contributed by atoms with E-state index in [0.717, 1.165) is 22.6 Å². The molecule has 0 aliphatic heterocycles. The quantitative estimate of drug-likeness (QED) is 0.597. The summed E-state index contributed by atoms with van der Waals surface area (Å²) < 4.78 is 28.6. The van der Waals surface area contributed by atoms with Gasteiger partial charge in [-0.15, -0.1) is 0 Å². The maximum absolute atomic E-state index is 11.5. The lowest BCUT2D eigenvalue weighted by atomic mass is 10.1. The Balaban J connectivity index is 3.02. The smallest absolute Gasteiger partial charge is 0.265 e. The summed E-state index contributed by atoms with van der Waals surface area (Å²) in [5, 5.41) is 0. The lowest BCUT2D eigenvalue weighted by Gasteiger charge is -2.13. The molecule has 1 aromatic carbocycles. The number of halogens is 1. The highest BCUT2D eigenvalue weighted by Gasteiger charge is 2.19. The van der Waals surface area contributed by atoms with Gasteiger partial charge in [-0.2, -0.15) is 11.8 Å². The van der Waals surface area contributed by atoms with Crippen LogP contribution in [-0.2, 0) is 9.05 Å². The second kappa shape index (κ2) is 6.68. The molecule has 0 saturated carbocycles. The number of hydrogen-bond donors (Lipinski definition) is 0. The van der Waals surface area contributed by atoms with E-state index in [0.29, 0.717) is 12.4 Å². The predicted molar refractivity (Wildman–Crippen MR) is 77.4 cm³/mol. The molecular formula is C12H17ClO3S2. The Labute approximate surface area is 117 Å². The Kier molecular flexibility index (Phi) is 5.82. The van der Waals surface area contributed by atoms with Gasteiger partial charge in [0.15, 0.2) is 0 Å². The number of benzene rings is 1. The van der Waals surface area contributed by atoms with Crippen molar-refractivity contribution in [2.75, 3.05) is 18.1 Å². The highest BCUT2D eigenvalue weighted by atomic mass is 35.7. The molecule has 1 aromatic rings. The summed E-state index contributed by atoms with van der Waals surface area (Å²) in [6, 6.07) is 3.42. The van der Waals surface area contributed by atoms with E-state index in [9.17, 15) is 8.42 Å². The van der Waals surface area contributed by atoms with Crippen molar-refractivity contribution >= 4 is 31.5 Å². The van der Waals surface area contributed by atoms with Crippen LogP contribution in [0.5, 0.6) is 5.75 Å². The first-order valence-electron chi connectivity index (χ1n) is 5.62. The van der Waals surface area contributed by atoms with Gasteiger partial charge in [0, 0.05) is 16.4 Å². The third-order valence-corrected chi connectivity index (χ3v) is 4.52. The maximum Gasteiger partial charge on any atom is 0.265 e. The largest absolute Gasteiger partial charge is 0.491 e. The lowest BCUT2D eigenvalue weighted by molar-refractivity contribution is 0.332. The van der Waals surface area contributed by atoms with Crippen molar-refractivity contribution < 1.29 is 13.2 Å². The molecule has 102 valence electrons. The molecule has 0 aromatic heterocycles. The summed E-state index contributed by atoms with van der Waals surface area (Å²) in [4.78, 5) is 0.0585. The van der Waals surface area contributed by atoms with Gasteiger partial charge in [0.05, 0.1) is 6.61 Å². The van der Waals surface area contributed by atoms with E-state index < -0.39 is 9.05 Å². The minimum atomic E-state index is -3.78. The first kappa shape index (κ1) is 15.7. The third-order valence-electron chi connectivity index (χ3n) is 2.33. The summed E-state index contributed by atoms with van der Waals surface area (Å²) in [7, 11) is 1.65. The first-order valence-corrected chi connectivity index (χ1v) is 9.09. The van der Waals surface area contributed by atoms with Crippen molar-refractivity contribution in [2.45, 2.75) is 25.7 Å². The van der Waals surface area contributed by atoms with Crippen molar-refractivity contribution in [1.29, 1.82) is 0 Å². The zero-order valence-electron chi connectivity index (χ0n) is 10.7. The van der Waals surface area contributed by atoms with Crippen molar-refractivity contribution in [3.8, 4) is 5.75 Å². The average Bonchev–Trinajstić information content (AvgIpc) is 2.24. The van der Waals surface area contributed by atoms with Gasteiger partial charge in [0.2, 0.25) is 0 Å². The topological polar surface area (TPSA) is 43.4 Å². The minimum absolute atomic E-state index is 0.0585. The number of ether oxygens (including phenoxy) is 1. The van der Waals surface area contributed by atoms with Crippen LogP contribution in [0.1, 0.15) is 18.1 Å². The molecule has 0 saturated heterocycles.